The number of hydrogen-bond donors (Lipinski definition) is 2. The summed E-state index contributed by atoms with van der Waals surface area (Å²) in [5, 5.41) is 12.0. The average Bonchev–Trinajstić information content (AvgIpc) is 2.67. The molecule has 0 aliphatic carbocycles. The van der Waals surface area contributed by atoms with E-state index in [9.17, 15) is 9.59 Å². The number of hydrogen-bond acceptors (Lipinski definition) is 5. The number of carboxylic acids is 1. The summed E-state index contributed by atoms with van der Waals surface area (Å²) in [4.78, 5) is 27.2. The van der Waals surface area contributed by atoms with Crippen LogP contribution in [-0.2, 0) is 16.1 Å². The van der Waals surface area contributed by atoms with Crippen LogP contribution in [0.15, 0.2) is 0 Å². The molecule has 6 nitrogen and oxygen atoms in total. The van der Waals surface area contributed by atoms with Crippen LogP contribution >= 0.6 is 11.3 Å². The van der Waals surface area contributed by atoms with Crippen molar-refractivity contribution in [2.24, 2.45) is 5.92 Å². The molecular formula is C11H16N2O4S. The number of carbonyl (C=O) groups is 2. The predicted octanol–water partition coefficient (Wildman–Crippen LogP) is 1.05. The molecule has 0 saturated carbocycles. The molecule has 0 aliphatic rings. The Labute approximate surface area is 109 Å². The first kappa shape index (κ1) is 14.6. The number of aryl methyl sites for hydroxylation is 1. The quantitative estimate of drug-likeness (QED) is 0.808. The molecule has 0 fully saturated rings. The minimum Gasteiger partial charge on any atom is -0.481 e. The Morgan fingerprint density at radius 3 is 2.78 bits per heavy atom. The van der Waals surface area contributed by atoms with Crippen LogP contribution in [0.2, 0.25) is 0 Å². The number of nitrogens with zero attached hydrogens (tertiary/aromatic N) is 1. The number of carboxylic acid groups (broad SMARTS) is 1. The van der Waals surface area contributed by atoms with Crippen LogP contribution in [0.3, 0.4) is 0 Å². The van der Waals surface area contributed by atoms with E-state index in [4.69, 9.17) is 9.84 Å². The summed E-state index contributed by atoms with van der Waals surface area (Å²) < 4.78 is 4.94. The zero-order valence-electron chi connectivity index (χ0n) is 10.5. The highest BCUT2D eigenvalue weighted by molar-refractivity contribution is 7.13. The second-order valence-electron chi connectivity index (χ2n) is 3.90. The smallest absolute Gasteiger partial charge is 0.308 e. The fourth-order valence-corrected chi connectivity index (χ4v) is 2.21. The zero-order chi connectivity index (χ0) is 13.7. The number of carbonyl (C=O) groups excluding carboxylic acids is 1. The van der Waals surface area contributed by atoms with Crippen LogP contribution < -0.4 is 5.32 Å². The number of nitrogens with one attached hydrogen (secondary N) is 1. The van der Waals surface area contributed by atoms with Gasteiger partial charge in [0.25, 0.3) is 5.91 Å². The molecule has 1 rings (SSSR count). The van der Waals surface area contributed by atoms with Gasteiger partial charge in [-0.05, 0) is 6.92 Å². The van der Waals surface area contributed by atoms with Gasteiger partial charge < -0.3 is 15.2 Å². The van der Waals surface area contributed by atoms with E-state index in [1.54, 1.807) is 21.0 Å². The zero-order valence-corrected chi connectivity index (χ0v) is 11.3. The number of ether oxygens (including phenoxy) is 1. The molecule has 1 unspecified atom stereocenters. The van der Waals surface area contributed by atoms with Gasteiger partial charge in [-0.15, -0.1) is 11.3 Å². The van der Waals surface area contributed by atoms with Crippen molar-refractivity contribution in [3.63, 3.8) is 0 Å². The molecule has 1 aromatic heterocycles. The third kappa shape index (κ3) is 3.78. The number of methoxy groups -OCH3 is 1. The SMILES string of the molecule is COCc1nc(C)c(C(=O)NCC(C)C(=O)O)s1. The van der Waals surface area contributed by atoms with E-state index >= 15 is 0 Å². The predicted molar refractivity (Wildman–Crippen MR) is 66.7 cm³/mol. The van der Waals surface area contributed by atoms with Crippen molar-refractivity contribution in [1.82, 2.24) is 10.3 Å². The van der Waals surface area contributed by atoms with Gasteiger partial charge in [-0.3, -0.25) is 9.59 Å². The van der Waals surface area contributed by atoms with Crippen LogP contribution in [0.5, 0.6) is 0 Å². The first-order valence-electron chi connectivity index (χ1n) is 5.42. The van der Waals surface area contributed by atoms with Gasteiger partial charge in [0, 0.05) is 13.7 Å². The Morgan fingerprint density at radius 1 is 1.56 bits per heavy atom. The summed E-state index contributed by atoms with van der Waals surface area (Å²) in [6.07, 6.45) is 0. The van der Waals surface area contributed by atoms with E-state index in [2.05, 4.69) is 10.3 Å². The van der Waals surface area contributed by atoms with Crippen molar-refractivity contribution in [3.8, 4) is 0 Å². The molecule has 0 radical (unpaired) electrons. The molecular weight excluding hydrogens is 256 g/mol. The maximum atomic E-state index is 11.8. The normalized spacial score (nSPS) is 12.2. The van der Waals surface area contributed by atoms with Crippen LogP contribution in [0.25, 0.3) is 0 Å². The summed E-state index contributed by atoms with van der Waals surface area (Å²) in [5.41, 5.74) is 0.632. The van der Waals surface area contributed by atoms with E-state index in [0.717, 1.165) is 5.01 Å². The number of rotatable bonds is 6. The standard InChI is InChI=1S/C11H16N2O4S/c1-6(11(15)16)4-12-10(14)9-7(2)13-8(18-9)5-17-3/h6H,4-5H2,1-3H3,(H,12,14)(H,15,16). The van der Waals surface area contributed by atoms with Gasteiger partial charge in [-0.1, -0.05) is 6.92 Å². The van der Waals surface area contributed by atoms with Crippen LogP contribution in [0, 0.1) is 12.8 Å². The van der Waals surface area contributed by atoms with Gasteiger partial charge in [0.05, 0.1) is 18.2 Å². The van der Waals surface area contributed by atoms with Gasteiger partial charge in [-0.25, -0.2) is 4.98 Å². The van der Waals surface area contributed by atoms with Gasteiger partial charge in [0.15, 0.2) is 0 Å². The number of aliphatic carboxylic acids is 1. The Kier molecular flexibility index (Phi) is 5.24. The van der Waals surface area contributed by atoms with Crippen LogP contribution in [-0.4, -0.2) is 35.6 Å². The van der Waals surface area contributed by atoms with E-state index < -0.39 is 11.9 Å². The fourth-order valence-electron chi connectivity index (χ4n) is 1.26. The highest BCUT2D eigenvalue weighted by atomic mass is 32.1. The first-order chi connectivity index (χ1) is 8.45. The lowest BCUT2D eigenvalue weighted by atomic mass is 10.2. The van der Waals surface area contributed by atoms with Crippen molar-refractivity contribution in [2.45, 2.75) is 20.5 Å². The first-order valence-corrected chi connectivity index (χ1v) is 6.23. The Bertz CT molecular complexity index is 444. The fraction of sp³-hybridized carbons (Fsp3) is 0.545. The summed E-state index contributed by atoms with van der Waals surface area (Å²) >= 11 is 1.26. The molecule has 1 amide bonds. The van der Waals surface area contributed by atoms with E-state index in [0.29, 0.717) is 17.2 Å². The van der Waals surface area contributed by atoms with Crippen LogP contribution in [0.1, 0.15) is 27.3 Å². The molecule has 1 atom stereocenters. The minimum absolute atomic E-state index is 0.102. The Hall–Kier alpha value is -1.47. The summed E-state index contributed by atoms with van der Waals surface area (Å²) in [5.74, 6) is -1.84. The molecule has 0 spiro atoms. The van der Waals surface area contributed by atoms with Gasteiger partial charge in [-0.2, -0.15) is 0 Å². The van der Waals surface area contributed by atoms with Crippen molar-refractivity contribution in [3.05, 3.63) is 15.6 Å². The third-order valence-corrected chi connectivity index (χ3v) is 3.43. The van der Waals surface area contributed by atoms with Crippen molar-refractivity contribution < 1.29 is 19.4 Å². The summed E-state index contributed by atoms with van der Waals surface area (Å²) in [6.45, 7) is 3.75. The topological polar surface area (TPSA) is 88.5 Å². The third-order valence-electron chi connectivity index (χ3n) is 2.31. The molecule has 0 aliphatic heterocycles. The lowest BCUT2D eigenvalue weighted by molar-refractivity contribution is -0.140. The molecule has 7 heteroatoms. The maximum absolute atomic E-state index is 11.8. The minimum atomic E-state index is -0.934. The van der Waals surface area contributed by atoms with Crippen molar-refractivity contribution >= 4 is 23.2 Å². The largest absolute Gasteiger partial charge is 0.481 e. The van der Waals surface area contributed by atoms with E-state index in [-0.39, 0.29) is 12.5 Å². The number of thiazole rings is 1. The highest BCUT2D eigenvalue weighted by Gasteiger charge is 2.17. The molecule has 0 bridgehead atoms. The molecule has 100 valence electrons. The summed E-state index contributed by atoms with van der Waals surface area (Å²) in [6, 6.07) is 0. The lowest BCUT2D eigenvalue weighted by Gasteiger charge is -2.07. The van der Waals surface area contributed by atoms with Crippen molar-refractivity contribution in [1.29, 1.82) is 0 Å². The molecule has 1 heterocycles. The van der Waals surface area contributed by atoms with E-state index in [1.165, 1.54) is 11.3 Å². The molecule has 1 aromatic rings. The summed E-state index contributed by atoms with van der Waals surface area (Å²) in [7, 11) is 1.56. The Morgan fingerprint density at radius 2 is 2.22 bits per heavy atom. The molecule has 2 N–H and O–H groups in total. The van der Waals surface area contributed by atoms with Crippen molar-refractivity contribution in [2.75, 3.05) is 13.7 Å². The van der Waals surface area contributed by atoms with Gasteiger partial charge in [0.1, 0.15) is 9.88 Å². The van der Waals surface area contributed by atoms with E-state index in [1.807, 2.05) is 0 Å². The lowest BCUT2D eigenvalue weighted by Crippen LogP contribution is -2.31. The second-order valence-corrected chi connectivity index (χ2v) is 4.99. The van der Waals surface area contributed by atoms with Gasteiger partial charge >= 0.3 is 5.97 Å². The molecule has 18 heavy (non-hydrogen) atoms. The number of amides is 1. The monoisotopic (exact) mass is 272 g/mol. The maximum Gasteiger partial charge on any atom is 0.308 e. The Balaban J connectivity index is 2.64. The van der Waals surface area contributed by atoms with Gasteiger partial charge in [0.2, 0.25) is 0 Å². The average molecular weight is 272 g/mol. The van der Waals surface area contributed by atoms with Crippen LogP contribution in [0.4, 0.5) is 0 Å². The molecule has 0 saturated heterocycles. The second kappa shape index (κ2) is 6.46. The molecule has 0 aromatic carbocycles. The highest BCUT2D eigenvalue weighted by Crippen LogP contribution is 2.18. The number of aromatic nitrogens is 1.